The van der Waals surface area contributed by atoms with Gasteiger partial charge in [-0.1, -0.05) is 41.9 Å². The number of nitrogens with two attached hydrogens (primary N) is 2. The van der Waals surface area contributed by atoms with Crippen LogP contribution in [0.5, 0.6) is 0 Å². The fraction of sp³-hybridized carbons (Fsp3) is 0.763. The molecule has 3 aliphatic heterocycles. The standard InChI is InChI=1S/C38H63N2O22P/c1-17(2)8-6-9-18(3)10-7-11-19(4)12-13-54-23(34(49)50)16-56-63(52,53)62-37-32(30(61-38(40)51)29(47)31(59-37)33(39)48)60-35-20(5)24(42)26(44)22(58-35)15-55-36-28(46)27(45)25(43)21(14-41)57-36/h8,10,12,20-32,35-37,41-47H,6-7,9,11,13-16H2,1-5H3,(H2,39,48)(H2,40,51)(H,49,50)(H,52,53)/p-2/b18-10+,19-12-/t20?,21?,22?,23-,24+,25-,26-,27-,28?,29+,30-,31?,32?,35-,36+,37-/m0/s1. The Kier molecular flexibility index (Phi) is 21.6. The highest BCUT2D eigenvalue weighted by molar-refractivity contribution is 7.45. The molecule has 0 radical (unpaired) electrons. The van der Waals surface area contributed by atoms with E-state index in [1.165, 1.54) is 18.1 Å². The van der Waals surface area contributed by atoms with Crippen LogP contribution in [-0.4, -0.2) is 172 Å². The van der Waals surface area contributed by atoms with E-state index in [-0.39, 0.29) is 6.61 Å². The van der Waals surface area contributed by atoms with Crippen LogP contribution in [0.4, 0.5) is 4.79 Å². The predicted octanol–water partition coefficient (Wildman–Crippen LogP) is -3.64. The third-order valence-electron chi connectivity index (χ3n) is 10.4. The van der Waals surface area contributed by atoms with E-state index in [2.05, 4.69) is 12.2 Å². The minimum atomic E-state index is -5.77. The smallest absolute Gasteiger partial charge is 0.404 e. The third kappa shape index (κ3) is 16.1. The van der Waals surface area contributed by atoms with Crippen molar-refractivity contribution in [3.05, 3.63) is 34.9 Å². The lowest BCUT2D eigenvalue weighted by atomic mass is 9.92. The Morgan fingerprint density at radius 2 is 1.38 bits per heavy atom. The van der Waals surface area contributed by atoms with Gasteiger partial charge in [0, 0.05) is 5.92 Å². The molecule has 3 heterocycles. The van der Waals surface area contributed by atoms with Crippen LogP contribution >= 0.6 is 7.82 Å². The van der Waals surface area contributed by atoms with Gasteiger partial charge >= 0.3 is 6.09 Å². The van der Waals surface area contributed by atoms with Crippen molar-refractivity contribution in [3.8, 4) is 0 Å². The van der Waals surface area contributed by atoms with E-state index < -0.39 is 144 Å². The first-order valence-electron chi connectivity index (χ1n) is 20.1. The van der Waals surface area contributed by atoms with Gasteiger partial charge in [-0.25, -0.2) is 4.79 Å². The first kappa shape index (κ1) is 54.4. The summed E-state index contributed by atoms with van der Waals surface area (Å²) in [5.74, 6) is -4.52. The van der Waals surface area contributed by atoms with Crippen molar-refractivity contribution in [2.24, 2.45) is 17.4 Å². The highest BCUT2D eigenvalue weighted by Gasteiger charge is 2.55. The molecule has 0 aromatic heterocycles. The Balaban J connectivity index is 1.76. The predicted molar refractivity (Wildman–Crippen MR) is 208 cm³/mol. The van der Waals surface area contributed by atoms with Crippen molar-refractivity contribution in [2.45, 2.75) is 152 Å². The van der Waals surface area contributed by atoms with Crippen molar-refractivity contribution in [2.75, 3.05) is 26.4 Å². The van der Waals surface area contributed by atoms with Crippen molar-refractivity contribution >= 4 is 25.8 Å². The fourth-order valence-corrected chi connectivity index (χ4v) is 7.42. The number of aliphatic hydroxyl groups is 7. The van der Waals surface area contributed by atoms with Crippen LogP contribution in [0.1, 0.15) is 60.3 Å². The molecule has 7 unspecified atom stereocenters. The highest BCUT2D eigenvalue weighted by atomic mass is 31.2. The summed E-state index contributed by atoms with van der Waals surface area (Å²) in [5, 5.41) is 84.6. The Morgan fingerprint density at radius 3 is 1.97 bits per heavy atom. The summed E-state index contributed by atoms with van der Waals surface area (Å²) < 4.78 is 61.0. The van der Waals surface area contributed by atoms with Gasteiger partial charge in [0.1, 0.15) is 48.8 Å². The van der Waals surface area contributed by atoms with E-state index in [4.69, 9.17) is 53.7 Å². The number of primary amides is 2. The number of rotatable bonds is 23. The molecule has 3 aliphatic rings. The largest absolute Gasteiger partial charge is 0.756 e. The van der Waals surface area contributed by atoms with E-state index >= 15 is 0 Å². The second-order valence-corrected chi connectivity index (χ2v) is 17.0. The minimum Gasteiger partial charge on any atom is -0.756 e. The molecule has 362 valence electrons. The zero-order valence-electron chi connectivity index (χ0n) is 35.5. The van der Waals surface area contributed by atoms with Crippen molar-refractivity contribution in [1.29, 1.82) is 0 Å². The number of phosphoric acid groups is 1. The van der Waals surface area contributed by atoms with Gasteiger partial charge in [0.15, 0.2) is 37.2 Å². The molecule has 0 bridgehead atoms. The highest BCUT2D eigenvalue weighted by Crippen LogP contribution is 2.44. The Bertz CT molecular complexity index is 1640. The van der Waals surface area contributed by atoms with Gasteiger partial charge < -0.3 is 99.7 Å². The van der Waals surface area contributed by atoms with Crippen LogP contribution in [0.15, 0.2) is 34.9 Å². The van der Waals surface area contributed by atoms with Crippen molar-refractivity contribution in [1.82, 2.24) is 0 Å². The lowest BCUT2D eigenvalue weighted by Crippen LogP contribution is -2.65. The summed E-state index contributed by atoms with van der Waals surface area (Å²) in [6.07, 6.45) is -21.0. The summed E-state index contributed by atoms with van der Waals surface area (Å²) in [6, 6.07) is 0. The summed E-state index contributed by atoms with van der Waals surface area (Å²) in [4.78, 5) is 49.4. The van der Waals surface area contributed by atoms with Crippen LogP contribution in [0.3, 0.4) is 0 Å². The maximum atomic E-state index is 13.2. The van der Waals surface area contributed by atoms with Crippen LogP contribution in [0.2, 0.25) is 0 Å². The number of ether oxygens (including phenoxy) is 7. The van der Waals surface area contributed by atoms with Crippen molar-refractivity contribution < 1.29 is 107 Å². The van der Waals surface area contributed by atoms with E-state index in [0.717, 1.165) is 18.4 Å². The minimum absolute atomic E-state index is 0.276. The maximum Gasteiger partial charge on any atom is 0.404 e. The molecule has 24 nitrogen and oxygen atoms in total. The normalized spacial score (nSPS) is 35.6. The summed E-state index contributed by atoms with van der Waals surface area (Å²) >= 11 is 0. The van der Waals surface area contributed by atoms with Gasteiger partial charge in [-0.2, -0.15) is 0 Å². The summed E-state index contributed by atoms with van der Waals surface area (Å²) in [6.45, 7) is 6.16. The molecule has 11 N–H and O–H groups in total. The van der Waals surface area contributed by atoms with Crippen LogP contribution in [0.25, 0.3) is 0 Å². The number of carbonyl (C=O) groups excluding carboxylic acids is 3. The average Bonchev–Trinajstić information content (AvgIpc) is 3.20. The number of amides is 2. The first-order chi connectivity index (χ1) is 29.5. The van der Waals surface area contributed by atoms with E-state index in [0.29, 0.717) is 12.8 Å². The molecule has 3 rings (SSSR count). The number of carboxylic acid groups (broad SMARTS) is 1. The molecule has 0 spiro atoms. The second kappa shape index (κ2) is 25.1. The van der Waals surface area contributed by atoms with E-state index in [9.17, 15) is 64.7 Å². The molecule has 3 fully saturated rings. The molecule has 0 aromatic rings. The molecule has 3 saturated heterocycles. The van der Waals surface area contributed by atoms with Gasteiger partial charge in [-0.05, 0) is 53.4 Å². The molecule has 25 heteroatoms. The molecule has 0 aromatic carbocycles. The zero-order valence-corrected chi connectivity index (χ0v) is 36.4. The number of carboxylic acids is 1. The Hall–Kier alpha value is -2.98. The topological polar surface area (TPSA) is 391 Å². The quantitative estimate of drug-likeness (QED) is 0.0352. The molecular weight excluding hydrogens is 867 g/mol. The number of aliphatic hydroxyl groups excluding tert-OH is 7. The maximum absolute atomic E-state index is 13.2. The average molecular weight is 929 g/mol. The summed E-state index contributed by atoms with van der Waals surface area (Å²) in [7, 11) is -5.77. The van der Waals surface area contributed by atoms with Crippen LogP contribution in [0, 0.1) is 5.92 Å². The molecule has 2 amide bonds. The molecule has 0 saturated carbocycles. The van der Waals surface area contributed by atoms with Gasteiger partial charge in [0.25, 0.3) is 7.82 Å². The molecular formula is C38H61N2O22P-2. The third-order valence-corrected chi connectivity index (χ3v) is 11.3. The van der Waals surface area contributed by atoms with Gasteiger partial charge in [-0.15, -0.1) is 0 Å². The Morgan fingerprint density at radius 1 is 0.778 bits per heavy atom. The SMILES string of the molecule is CC(C)=CCC/C(C)=C/CC/C(C)=C\CO[C@@H](COP(=O)([O-])O[C@@H]1OC(C(N)=O)[C@H](O)[C@H](OC(N)=O)C1O[C@@H]1OC(CO[C@@H]2OC(CO)[C@H](O)[C@H](O)C2O)[C@H](O)[C@H](O)C1C)C(=O)[O-]. The number of phosphoric ester groups is 1. The van der Waals surface area contributed by atoms with Gasteiger partial charge in [-0.3, -0.25) is 13.9 Å². The van der Waals surface area contributed by atoms with E-state index in [1.807, 2.05) is 20.8 Å². The first-order valence-corrected chi connectivity index (χ1v) is 21.5. The van der Waals surface area contributed by atoms with Crippen LogP contribution < -0.4 is 21.5 Å². The molecule has 0 aliphatic carbocycles. The molecule has 17 atom stereocenters. The zero-order chi connectivity index (χ0) is 47.3. The second-order valence-electron chi connectivity index (χ2n) is 15.7. The number of carbonyl (C=O) groups is 3. The lowest BCUT2D eigenvalue weighted by molar-refractivity contribution is -0.359. The van der Waals surface area contributed by atoms with E-state index in [1.54, 1.807) is 13.0 Å². The number of aliphatic carboxylic acids is 1. The number of hydrogen-bond acceptors (Lipinski definition) is 22. The van der Waals surface area contributed by atoms with Gasteiger partial charge in [0.2, 0.25) is 5.91 Å². The fourth-order valence-electron chi connectivity index (χ4n) is 6.62. The molecule has 63 heavy (non-hydrogen) atoms. The lowest BCUT2D eigenvalue weighted by Gasteiger charge is -2.47. The monoisotopic (exact) mass is 928 g/mol. The number of hydrogen-bond donors (Lipinski definition) is 9. The summed E-state index contributed by atoms with van der Waals surface area (Å²) in [5.41, 5.74) is 13.8. The van der Waals surface area contributed by atoms with Crippen molar-refractivity contribution in [3.63, 3.8) is 0 Å². The number of allylic oxidation sites excluding steroid dienone is 5. The Labute approximate surface area is 363 Å². The van der Waals surface area contributed by atoms with Crippen LogP contribution in [-0.2, 0) is 56.4 Å². The van der Waals surface area contributed by atoms with Gasteiger partial charge in [0.05, 0.1) is 38.5 Å².